The Morgan fingerprint density at radius 3 is 1.78 bits per heavy atom. The molecule has 0 aliphatic heterocycles. The van der Waals surface area contributed by atoms with Crippen molar-refractivity contribution in [3.8, 4) is 0 Å². The third kappa shape index (κ3) is 4.69. The molecule has 2 fully saturated rings. The summed E-state index contributed by atoms with van der Waals surface area (Å²) in [7, 11) is -4.77. The molecule has 0 amide bonds. The second kappa shape index (κ2) is 8.65. The van der Waals surface area contributed by atoms with Crippen LogP contribution < -0.4 is 0 Å². The lowest BCUT2D eigenvalue weighted by atomic mass is 9.89. The summed E-state index contributed by atoms with van der Waals surface area (Å²) in [6.07, 6.45) is 2.93. The van der Waals surface area contributed by atoms with E-state index < -0.39 is 17.1 Å². The highest BCUT2D eigenvalue weighted by Gasteiger charge is 2.61. The SMILES string of the molecule is CCO[Si](OCC)(OCC)C1CC2CC1CC2C(=O)O[Si](C)(C)C(C)(C)C. The van der Waals surface area contributed by atoms with Crippen LogP contribution in [0.5, 0.6) is 0 Å². The predicted molar refractivity (Wildman–Crippen MR) is 112 cm³/mol. The van der Waals surface area contributed by atoms with Gasteiger partial charge in [-0.3, -0.25) is 4.79 Å². The van der Waals surface area contributed by atoms with Crippen molar-refractivity contribution >= 4 is 23.1 Å². The lowest BCUT2D eigenvalue weighted by molar-refractivity contribution is -0.142. The number of rotatable bonds is 9. The van der Waals surface area contributed by atoms with Crippen LogP contribution in [-0.2, 0) is 22.5 Å². The van der Waals surface area contributed by atoms with Gasteiger partial charge in [0, 0.05) is 25.4 Å². The molecule has 0 heterocycles. The zero-order valence-electron chi connectivity index (χ0n) is 18.6. The zero-order chi connectivity index (χ0) is 20.5. The Labute approximate surface area is 168 Å². The van der Waals surface area contributed by atoms with Crippen LogP contribution >= 0.6 is 0 Å². The zero-order valence-corrected chi connectivity index (χ0v) is 20.6. The molecule has 2 bridgehead atoms. The highest BCUT2D eigenvalue weighted by Crippen LogP contribution is 2.59. The van der Waals surface area contributed by atoms with Gasteiger partial charge in [0.15, 0.2) is 0 Å². The van der Waals surface area contributed by atoms with E-state index >= 15 is 0 Å². The summed E-state index contributed by atoms with van der Waals surface area (Å²) in [4.78, 5) is 13.0. The van der Waals surface area contributed by atoms with E-state index in [0.717, 1.165) is 19.3 Å². The molecule has 27 heavy (non-hydrogen) atoms. The summed E-state index contributed by atoms with van der Waals surface area (Å²) in [6.45, 7) is 18.7. The van der Waals surface area contributed by atoms with E-state index in [0.29, 0.717) is 37.2 Å². The molecule has 0 aromatic carbocycles. The van der Waals surface area contributed by atoms with Crippen molar-refractivity contribution in [1.29, 1.82) is 0 Å². The Bertz CT molecular complexity index is 500. The molecule has 2 aliphatic rings. The normalized spacial score (nSPS) is 28.6. The maximum absolute atomic E-state index is 13.0. The van der Waals surface area contributed by atoms with E-state index in [1.54, 1.807) is 0 Å². The van der Waals surface area contributed by atoms with Crippen molar-refractivity contribution in [2.45, 2.75) is 84.5 Å². The minimum absolute atomic E-state index is 0.0315. The molecule has 0 spiro atoms. The Hall–Kier alpha value is -0.216. The first-order valence-electron chi connectivity index (χ1n) is 10.7. The van der Waals surface area contributed by atoms with Crippen LogP contribution in [0.4, 0.5) is 0 Å². The van der Waals surface area contributed by atoms with Crippen LogP contribution in [0.15, 0.2) is 0 Å². The summed E-state index contributed by atoms with van der Waals surface area (Å²) >= 11 is 0. The van der Waals surface area contributed by atoms with E-state index in [1.165, 1.54) is 0 Å². The largest absolute Gasteiger partial charge is 0.519 e. The molecule has 0 saturated heterocycles. The third-order valence-corrected chi connectivity index (χ3v) is 14.8. The minimum Gasteiger partial charge on any atom is -0.519 e. The predicted octanol–water partition coefficient (Wildman–Crippen LogP) is 5.00. The topological polar surface area (TPSA) is 54.0 Å². The molecular formula is C20H40O5Si2. The minimum atomic E-state index is -2.70. The summed E-state index contributed by atoms with van der Waals surface area (Å²) in [5.74, 6) is 0.898. The highest BCUT2D eigenvalue weighted by atomic mass is 28.4. The average Bonchev–Trinajstić information content (AvgIpc) is 3.14. The van der Waals surface area contributed by atoms with Crippen molar-refractivity contribution in [2.24, 2.45) is 17.8 Å². The number of hydrogen-bond acceptors (Lipinski definition) is 5. The first kappa shape index (κ1) is 23.1. The second-order valence-corrected chi connectivity index (χ2v) is 17.1. The van der Waals surface area contributed by atoms with E-state index in [4.69, 9.17) is 17.7 Å². The van der Waals surface area contributed by atoms with E-state index in [9.17, 15) is 4.79 Å². The van der Waals surface area contributed by atoms with Crippen molar-refractivity contribution in [1.82, 2.24) is 0 Å². The maximum atomic E-state index is 13.0. The van der Waals surface area contributed by atoms with Gasteiger partial charge in [-0.05, 0) is 70.0 Å². The third-order valence-electron chi connectivity index (χ3n) is 6.81. The smallest absolute Gasteiger partial charge is 0.504 e. The Balaban J connectivity index is 2.09. The standard InChI is InChI=1S/C20H40O5Si2/c1-9-22-27(23-10-2,24-11-3)18-14-15-12-16(18)13-17(15)19(21)25-26(7,8)20(4,5)6/h15-18H,9-14H2,1-8H3. The molecule has 0 aromatic heterocycles. The van der Waals surface area contributed by atoms with Gasteiger partial charge in [-0.2, -0.15) is 0 Å². The van der Waals surface area contributed by atoms with Crippen molar-refractivity contribution in [3.63, 3.8) is 0 Å². The molecule has 0 aromatic rings. The van der Waals surface area contributed by atoms with Gasteiger partial charge < -0.3 is 17.7 Å². The lowest BCUT2D eigenvalue weighted by Crippen LogP contribution is -2.52. The fourth-order valence-corrected chi connectivity index (χ4v) is 9.03. The van der Waals surface area contributed by atoms with Crippen LogP contribution in [0.1, 0.15) is 60.8 Å². The van der Waals surface area contributed by atoms with Crippen molar-refractivity contribution < 1.29 is 22.5 Å². The van der Waals surface area contributed by atoms with Gasteiger partial charge in [-0.25, -0.2) is 0 Å². The molecule has 2 rings (SSSR count). The van der Waals surface area contributed by atoms with Crippen LogP contribution in [-0.4, -0.2) is 42.9 Å². The fraction of sp³-hybridized carbons (Fsp3) is 0.950. The highest BCUT2D eigenvalue weighted by molar-refractivity contribution is 6.75. The fourth-order valence-electron chi connectivity index (χ4n) is 4.53. The number of fused-ring (bicyclic) bond motifs is 2. The second-order valence-electron chi connectivity index (χ2n) is 9.52. The molecule has 0 radical (unpaired) electrons. The van der Waals surface area contributed by atoms with E-state index in [-0.39, 0.29) is 16.9 Å². The summed E-state index contributed by atoms with van der Waals surface area (Å²) in [5, 5.41) is 0.0454. The van der Waals surface area contributed by atoms with Gasteiger partial charge in [0.05, 0.1) is 5.92 Å². The molecule has 0 N–H and O–H groups in total. The molecule has 2 aliphatic carbocycles. The van der Waals surface area contributed by atoms with Crippen LogP contribution in [0.25, 0.3) is 0 Å². The molecule has 4 unspecified atom stereocenters. The van der Waals surface area contributed by atoms with Crippen molar-refractivity contribution in [2.75, 3.05) is 19.8 Å². The number of carbonyl (C=O) groups is 1. The monoisotopic (exact) mass is 416 g/mol. The molecule has 2 saturated carbocycles. The molecule has 7 heteroatoms. The Morgan fingerprint density at radius 2 is 1.41 bits per heavy atom. The van der Waals surface area contributed by atoms with Gasteiger partial charge in [0.25, 0.3) is 14.3 Å². The van der Waals surface area contributed by atoms with E-state index in [1.807, 2.05) is 20.8 Å². The van der Waals surface area contributed by atoms with Gasteiger partial charge in [0.1, 0.15) is 0 Å². The van der Waals surface area contributed by atoms with Gasteiger partial charge >= 0.3 is 8.80 Å². The first-order valence-corrected chi connectivity index (χ1v) is 15.4. The quantitative estimate of drug-likeness (QED) is 0.495. The lowest BCUT2D eigenvalue weighted by Gasteiger charge is -2.40. The average molecular weight is 417 g/mol. The molecule has 4 atom stereocenters. The van der Waals surface area contributed by atoms with Gasteiger partial charge in [-0.1, -0.05) is 20.8 Å². The summed E-state index contributed by atoms with van der Waals surface area (Å²) < 4.78 is 24.6. The molecule has 5 nitrogen and oxygen atoms in total. The number of hydrogen-bond donors (Lipinski definition) is 0. The van der Waals surface area contributed by atoms with Crippen LogP contribution in [0, 0.1) is 17.8 Å². The Morgan fingerprint density at radius 1 is 0.889 bits per heavy atom. The van der Waals surface area contributed by atoms with Gasteiger partial charge in [-0.15, -0.1) is 0 Å². The number of carbonyl (C=O) groups excluding carboxylic acids is 1. The first-order chi connectivity index (χ1) is 12.5. The molecular weight excluding hydrogens is 376 g/mol. The maximum Gasteiger partial charge on any atom is 0.504 e. The van der Waals surface area contributed by atoms with Crippen LogP contribution in [0.2, 0.25) is 23.7 Å². The molecule has 158 valence electrons. The summed E-state index contributed by atoms with van der Waals surface area (Å²) in [6, 6.07) is 0. The van der Waals surface area contributed by atoms with E-state index in [2.05, 4.69) is 33.9 Å². The van der Waals surface area contributed by atoms with Crippen molar-refractivity contribution in [3.05, 3.63) is 0 Å². The van der Waals surface area contributed by atoms with Crippen LogP contribution in [0.3, 0.4) is 0 Å². The van der Waals surface area contributed by atoms with Gasteiger partial charge in [0.2, 0.25) is 0 Å². The summed E-state index contributed by atoms with van der Waals surface area (Å²) in [5.41, 5.74) is 0.319. The Kier molecular flexibility index (Phi) is 7.39.